The van der Waals surface area contributed by atoms with Gasteiger partial charge >= 0.3 is 0 Å². The summed E-state index contributed by atoms with van der Waals surface area (Å²) in [5.74, 6) is 0. The number of aromatic amines is 1. The van der Waals surface area contributed by atoms with Crippen molar-refractivity contribution in [2.24, 2.45) is 0 Å². The molecule has 0 amide bonds. The summed E-state index contributed by atoms with van der Waals surface area (Å²) < 4.78 is 0. The van der Waals surface area contributed by atoms with Crippen molar-refractivity contribution in [1.82, 2.24) is 4.98 Å². The van der Waals surface area contributed by atoms with Crippen LogP contribution >= 0.6 is 0 Å². The Morgan fingerprint density at radius 2 is 1.69 bits per heavy atom. The van der Waals surface area contributed by atoms with Gasteiger partial charge < -0.3 is 4.98 Å². The summed E-state index contributed by atoms with van der Waals surface area (Å²) in [5.41, 5.74) is 2.09. The van der Waals surface area contributed by atoms with Gasteiger partial charge in [0.25, 0.3) is 0 Å². The van der Waals surface area contributed by atoms with Gasteiger partial charge in [-0.25, -0.2) is 0 Å². The van der Waals surface area contributed by atoms with Crippen LogP contribution in [0.4, 0.5) is 0 Å². The van der Waals surface area contributed by atoms with E-state index in [4.69, 9.17) is 0 Å². The molecular weight excluding hydrogens is 194 g/mol. The maximum Gasteiger partial charge on any atom is 0.0461 e. The van der Waals surface area contributed by atoms with Crippen LogP contribution in [0.1, 0.15) is 32.0 Å². The summed E-state index contributed by atoms with van der Waals surface area (Å²) in [6.45, 7) is 17.2. The Hall–Kier alpha value is -1.76. The second kappa shape index (κ2) is 7.52. The van der Waals surface area contributed by atoms with Gasteiger partial charge in [0.15, 0.2) is 0 Å². The number of allylic oxidation sites excluding steroid dienone is 1. The zero-order valence-electron chi connectivity index (χ0n) is 10.5. The van der Waals surface area contributed by atoms with Crippen molar-refractivity contribution in [3.63, 3.8) is 0 Å². The van der Waals surface area contributed by atoms with Gasteiger partial charge in [-0.1, -0.05) is 51.8 Å². The van der Waals surface area contributed by atoms with Gasteiger partial charge in [0.1, 0.15) is 0 Å². The quantitative estimate of drug-likeness (QED) is 0.797. The van der Waals surface area contributed by atoms with E-state index in [1.165, 1.54) is 0 Å². The third-order valence-electron chi connectivity index (χ3n) is 2.12. The van der Waals surface area contributed by atoms with Gasteiger partial charge in [0.05, 0.1) is 0 Å². The van der Waals surface area contributed by atoms with Gasteiger partial charge in [-0.05, 0) is 19.1 Å². The lowest BCUT2D eigenvalue weighted by Gasteiger charge is -1.88. The van der Waals surface area contributed by atoms with Crippen LogP contribution in [-0.4, -0.2) is 4.98 Å². The Morgan fingerprint density at radius 3 is 2.06 bits per heavy atom. The van der Waals surface area contributed by atoms with Crippen LogP contribution in [0.2, 0.25) is 0 Å². The normalized spacial score (nSPS) is 11.7. The average molecular weight is 215 g/mol. The highest BCUT2D eigenvalue weighted by Gasteiger charge is 2.00. The number of hydrogen-bond donors (Lipinski definition) is 1. The molecule has 0 spiro atoms. The van der Waals surface area contributed by atoms with Crippen LogP contribution in [0.3, 0.4) is 0 Å². The number of nitrogens with one attached hydrogen (secondary N) is 1. The molecule has 0 saturated carbocycles. The predicted octanol–water partition coefficient (Wildman–Crippen LogP) is 3.09. The number of H-pyrrole nitrogens is 1. The molecule has 1 aromatic heterocycles. The predicted molar refractivity (Wildman–Crippen MR) is 76.4 cm³/mol. The number of rotatable bonds is 3. The van der Waals surface area contributed by atoms with E-state index in [-0.39, 0.29) is 0 Å². The Bertz CT molecular complexity index is 472. The summed E-state index contributed by atoms with van der Waals surface area (Å²) >= 11 is 0. The Morgan fingerprint density at radius 1 is 1.06 bits per heavy atom. The average Bonchev–Trinajstić information content (AvgIpc) is 2.69. The molecule has 0 aliphatic heterocycles. The van der Waals surface area contributed by atoms with Crippen LogP contribution in [0.25, 0.3) is 24.3 Å². The van der Waals surface area contributed by atoms with E-state index >= 15 is 0 Å². The van der Waals surface area contributed by atoms with E-state index < -0.39 is 0 Å². The molecule has 1 rings (SSSR count). The van der Waals surface area contributed by atoms with E-state index in [1.54, 1.807) is 12.2 Å². The first kappa shape index (κ1) is 14.2. The highest BCUT2D eigenvalue weighted by atomic mass is 14.7. The van der Waals surface area contributed by atoms with Crippen LogP contribution in [-0.2, 0) is 0 Å². The van der Waals surface area contributed by atoms with Crippen molar-refractivity contribution in [2.45, 2.75) is 20.8 Å². The Balaban J connectivity index is 0.00000106. The third kappa shape index (κ3) is 2.86. The van der Waals surface area contributed by atoms with Gasteiger partial charge in [0, 0.05) is 21.8 Å². The summed E-state index contributed by atoms with van der Waals surface area (Å²) in [4.78, 5) is 3.26. The fourth-order valence-electron chi connectivity index (χ4n) is 1.51. The molecule has 16 heavy (non-hydrogen) atoms. The zero-order chi connectivity index (χ0) is 12.6. The van der Waals surface area contributed by atoms with Gasteiger partial charge in [-0.3, -0.25) is 0 Å². The molecule has 1 heterocycles. The highest BCUT2D eigenvalue weighted by molar-refractivity contribution is 5.63. The molecule has 0 radical (unpaired) electrons. The van der Waals surface area contributed by atoms with E-state index in [0.29, 0.717) is 0 Å². The second-order valence-electron chi connectivity index (χ2n) is 2.88. The van der Waals surface area contributed by atoms with Gasteiger partial charge in [-0.15, -0.1) is 0 Å². The highest BCUT2D eigenvalue weighted by Crippen LogP contribution is 2.01. The van der Waals surface area contributed by atoms with E-state index in [2.05, 4.69) is 30.8 Å². The monoisotopic (exact) mass is 215 g/mol. The van der Waals surface area contributed by atoms with Gasteiger partial charge in [0.2, 0.25) is 0 Å². The molecule has 0 atom stereocenters. The molecule has 1 aromatic rings. The minimum absolute atomic E-state index is 1.00. The minimum Gasteiger partial charge on any atom is -0.355 e. The Labute approximate surface area is 98.2 Å². The molecule has 1 nitrogen and oxygen atoms in total. The van der Waals surface area contributed by atoms with E-state index in [9.17, 15) is 0 Å². The lowest BCUT2D eigenvalue weighted by atomic mass is 10.2. The van der Waals surface area contributed by atoms with E-state index in [0.717, 1.165) is 21.8 Å². The van der Waals surface area contributed by atoms with Gasteiger partial charge in [-0.2, -0.15) is 0 Å². The lowest BCUT2D eigenvalue weighted by molar-refractivity contribution is 1.29. The second-order valence-corrected chi connectivity index (χ2v) is 2.88. The molecule has 0 saturated heterocycles. The molecule has 1 heteroatoms. The first-order valence-corrected chi connectivity index (χ1v) is 5.54. The number of hydrogen-bond acceptors (Lipinski definition) is 0. The molecule has 1 N–H and O–H groups in total. The van der Waals surface area contributed by atoms with Crippen molar-refractivity contribution in [3.8, 4) is 0 Å². The fourth-order valence-corrected chi connectivity index (χ4v) is 1.51. The maximum atomic E-state index is 3.79. The zero-order valence-corrected chi connectivity index (χ0v) is 10.5. The molecule has 86 valence electrons. The summed E-state index contributed by atoms with van der Waals surface area (Å²) in [5, 5.41) is 2.20. The summed E-state index contributed by atoms with van der Waals surface area (Å²) in [7, 11) is 0. The van der Waals surface area contributed by atoms with Crippen molar-refractivity contribution in [2.75, 3.05) is 0 Å². The SMILES string of the molecule is C=C/C=c1/[nH]c(C=C)c(C=C)/c1=C/C.CC. The standard InChI is InChI=1S/C13H15N.C2H6/c1-5-9-13-11(7-3)10(6-2)12(8-4)14-13;1-2/h5-9,14H,1-2,4H2,3H3;1-2H3/b11-7-,13-9+;. The van der Waals surface area contributed by atoms with Crippen LogP contribution < -0.4 is 10.6 Å². The first-order valence-electron chi connectivity index (χ1n) is 5.54. The molecule has 0 fully saturated rings. The van der Waals surface area contributed by atoms with Crippen molar-refractivity contribution < 1.29 is 0 Å². The Kier molecular flexibility index (Phi) is 6.69. The largest absolute Gasteiger partial charge is 0.355 e. The molecule has 0 aliphatic rings. The first-order chi connectivity index (χ1) is 7.78. The summed E-state index contributed by atoms with van der Waals surface area (Å²) in [6.07, 6.45) is 9.39. The molecule has 0 aromatic carbocycles. The van der Waals surface area contributed by atoms with Crippen molar-refractivity contribution >= 4 is 24.3 Å². The van der Waals surface area contributed by atoms with Crippen LogP contribution in [0, 0.1) is 0 Å². The van der Waals surface area contributed by atoms with Crippen molar-refractivity contribution in [3.05, 3.63) is 47.6 Å². The summed E-state index contributed by atoms with van der Waals surface area (Å²) in [6, 6.07) is 0. The molecular formula is C15H21N. The maximum absolute atomic E-state index is 3.79. The smallest absolute Gasteiger partial charge is 0.0461 e. The molecule has 0 unspecified atom stereocenters. The van der Waals surface area contributed by atoms with Crippen molar-refractivity contribution in [1.29, 1.82) is 0 Å². The topological polar surface area (TPSA) is 15.8 Å². The number of aromatic nitrogens is 1. The fraction of sp³-hybridized carbons (Fsp3) is 0.200. The lowest BCUT2D eigenvalue weighted by Crippen LogP contribution is -2.23. The molecule has 0 aliphatic carbocycles. The van der Waals surface area contributed by atoms with Crippen LogP contribution in [0.5, 0.6) is 0 Å². The van der Waals surface area contributed by atoms with E-state index in [1.807, 2.05) is 32.9 Å². The third-order valence-corrected chi connectivity index (χ3v) is 2.12. The minimum atomic E-state index is 1.00. The van der Waals surface area contributed by atoms with Crippen LogP contribution in [0.15, 0.2) is 25.8 Å². The molecule has 0 bridgehead atoms.